The summed E-state index contributed by atoms with van der Waals surface area (Å²) in [4.78, 5) is 33.5. The summed E-state index contributed by atoms with van der Waals surface area (Å²) in [6.07, 6.45) is 11.8. The van der Waals surface area contributed by atoms with E-state index < -0.39 is 18.8 Å². The van der Waals surface area contributed by atoms with Crippen molar-refractivity contribution in [2.24, 2.45) is 0 Å². The van der Waals surface area contributed by atoms with Gasteiger partial charge in [0.25, 0.3) is 5.19 Å². The van der Waals surface area contributed by atoms with Crippen LogP contribution in [0.3, 0.4) is 0 Å². The molecule has 2 N–H and O–H groups in total. The van der Waals surface area contributed by atoms with Gasteiger partial charge in [-0.15, -0.1) is 0 Å². The number of anilines is 1. The number of hydrogen-bond donors (Lipinski definition) is 2. The van der Waals surface area contributed by atoms with E-state index in [2.05, 4.69) is 44.5 Å². The van der Waals surface area contributed by atoms with Crippen LogP contribution in [0.1, 0.15) is 56.6 Å². The summed E-state index contributed by atoms with van der Waals surface area (Å²) in [5.41, 5.74) is 4.48. The number of rotatable bonds is 13. The first-order valence-corrected chi connectivity index (χ1v) is 18.1. The summed E-state index contributed by atoms with van der Waals surface area (Å²) >= 11 is 1.58. The molecule has 0 amide bonds. The molecule has 1 unspecified atom stereocenters. The highest BCUT2D eigenvalue weighted by atomic mass is 32.2. The zero-order chi connectivity index (χ0) is 29.5. The van der Waals surface area contributed by atoms with E-state index in [0.29, 0.717) is 36.9 Å². The Morgan fingerprint density at radius 1 is 1.14 bits per heavy atom. The highest BCUT2D eigenvalue weighted by Crippen LogP contribution is 2.36. The van der Waals surface area contributed by atoms with Gasteiger partial charge in [0.2, 0.25) is 5.95 Å². The van der Waals surface area contributed by atoms with Crippen LogP contribution >= 0.6 is 19.2 Å². The summed E-state index contributed by atoms with van der Waals surface area (Å²) < 4.78 is 37.2. The molecular formula is C28H38N5O6PS2. The van der Waals surface area contributed by atoms with Crippen LogP contribution in [0.25, 0.3) is 15.8 Å². The van der Waals surface area contributed by atoms with Crippen LogP contribution in [-0.4, -0.2) is 77.9 Å². The summed E-state index contributed by atoms with van der Waals surface area (Å²) in [5.74, 6) is 1.24. The fourth-order valence-electron chi connectivity index (χ4n) is 5.14. The third-order valence-corrected chi connectivity index (χ3v) is 10.4. The normalized spacial score (nSPS) is 17.9. The van der Waals surface area contributed by atoms with Gasteiger partial charge >= 0.3 is 7.82 Å². The SMILES string of the molecule is CCCc1cnc(N2CCC(Oc3nc4ccc(C5=CCN(S(=O)CCCCOP(=O)(O)O)CC5)cc4s3)CC2)nc1. The summed E-state index contributed by atoms with van der Waals surface area (Å²) in [7, 11) is -5.58. The molecule has 2 aliphatic heterocycles. The van der Waals surface area contributed by atoms with Crippen molar-refractivity contribution >= 4 is 51.9 Å². The number of phosphoric acid groups is 1. The maximum Gasteiger partial charge on any atom is 0.469 e. The van der Waals surface area contributed by atoms with E-state index >= 15 is 0 Å². The standard InChI is InChI=1S/C28H38N5O6PS2/c1-2-5-21-19-29-27(30-20-21)32-12-10-24(11-13-32)39-28-31-25-7-6-23(18-26(25)41-28)22-8-14-33(15-9-22)42(37)17-4-3-16-38-40(34,35)36/h6-8,18-20,24H,2-5,9-17H2,1H3,(H2,34,35,36). The molecule has 0 spiro atoms. The maximum absolute atomic E-state index is 12.7. The van der Waals surface area contributed by atoms with Crippen LogP contribution in [0, 0.1) is 0 Å². The molecule has 0 bridgehead atoms. The van der Waals surface area contributed by atoms with Crippen molar-refractivity contribution in [2.45, 2.75) is 58.0 Å². The molecule has 1 fully saturated rings. The number of benzene rings is 1. The van der Waals surface area contributed by atoms with Crippen LogP contribution < -0.4 is 9.64 Å². The third-order valence-electron chi connectivity index (χ3n) is 7.39. The van der Waals surface area contributed by atoms with E-state index in [-0.39, 0.29) is 12.7 Å². The van der Waals surface area contributed by atoms with Crippen LogP contribution in [-0.2, 0) is 26.5 Å². The number of nitrogens with zero attached hydrogens (tertiary/aromatic N) is 5. The fraction of sp³-hybridized carbons (Fsp3) is 0.536. The zero-order valence-electron chi connectivity index (χ0n) is 23.8. The predicted molar refractivity (Wildman–Crippen MR) is 166 cm³/mol. The third kappa shape index (κ3) is 8.66. The van der Waals surface area contributed by atoms with E-state index in [0.717, 1.165) is 66.9 Å². The molecule has 0 aliphatic carbocycles. The van der Waals surface area contributed by atoms with Crippen molar-refractivity contribution in [2.75, 3.05) is 43.4 Å². The van der Waals surface area contributed by atoms with E-state index in [9.17, 15) is 8.77 Å². The second kappa shape index (κ2) is 14.5. The van der Waals surface area contributed by atoms with E-state index in [1.54, 1.807) is 11.3 Å². The first-order valence-electron chi connectivity index (χ1n) is 14.4. The largest absolute Gasteiger partial charge is 0.469 e. The van der Waals surface area contributed by atoms with Crippen LogP contribution in [0.4, 0.5) is 5.95 Å². The highest BCUT2D eigenvalue weighted by molar-refractivity contribution is 7.82. The molecule has 5 rings (SSSR count). The van der Waals surface area contributed by atoms with Gasteiger partial charge in [0.15, 0.2) is 0 Å². The zero-order valence-corrected chi connectivity index (χ0v) is 26.3. The van der Waals surface area contributed by atoms with Gasteiger partial charge in [-0.2, -0.15) is 0 Å². The molecule has 1 atom stereocenters. The quantitative estimate of drug-likeness (QED) is 0.200. The van der Waals surface area contributed by atoms with Gasteiger partial charge < -0.3 is 19.4 Å². The van der Waals surface area contributed by atoms with Gasteiger partial charge in [-0.3, -0.25) is 4.52 Å². The lowest BCUT2D eigenvalue weighted by molar-refractivity contribution is 0.170. The van der Waals surface area contributed by atoms with E-state index in [1.807, 2.05) is 22.8 Å². The van der Waals surface area contributed by atoms with Gasteiger partial charge in [-0.1, -0.05) is 36.8 Å². The van der Waals surface area contributed by atoms with Crippen molar-refractivity contribution in [1.82, 2.24) is 19.3 Å². The number of hydrogen-bond acceptors (Lipinski definition) is 9. The molecule has 3 aromatic rings. The Balaban J connectivity index is 1.10. The van der Waals surface area contributed by atoms with Crippen molar-refractivity contribution in [3.05, 3.63) is 47.8 Å². The number of phosphoric ester groups is 1. The Labute approximate surface area is 252 Å². The smallest absolute Gasteiger partial charge is 0.467 e. The number of ether oxygens (including phenoxy) is 1. The highest BCUT2D eigenvalue weighted by Gasteiger charge is 2.24. The Bertz CT molecular complexity index is 1440. The molecule has 4 heterocycles. The molecular weight excluding hydrogens is 597 g/mol. The van der Waals surface area contributed by atoms with Crippen molar-refractivity contribution in [1.29, 1.82) is 0 Å². The number of fused-ring (bicyclic) bond motifs is 1. The second-order valence-electron chi connectivity index (χ2n) is 10.5. The van der Waals surface area contributed by atoms with Crippen LogP contribution in [0.2, 0.25) is 0 Å². The summed E-state index contributed by atoms with van der Waals surface area (Å²) in [6.45, 7) is 5.12. The molecule has 228 valence electrons. The lowest BCUT2D eigenvalue weighted by Gasteiger charge is -2.31. The molecule has 11 nitrogen and oxygen atoms in total. The molecule has 14 heteroatoms. The predicted octanol–water partition coefficient (Wildman–Crippen LogP) is 4.73. The Morgan fingerprint density at radius 2 is 1.93 bits per heavy atom. The minimum atomic E-state index is -4.44. The number of aryl methyl sites for hydroxylation is 1. The minimum Gasteiger partial charge on any atom is -0.467 e. The van der Waals surface area contributed by atoms with E-state index in [4.69, 9.17) is 19.5 Å². The lowest BCUT2D eigenvalue weighted by atomic mass is 10.0. The summed E-state index contributed by atoms with van der Waals surface area (Å²) in [5, 5.41) is 0.700. The van der Waals surface area contributed by atoms with Crippen molar-refractivity contribution in [3.63, 3.8) is 0 Å². The first kappa shape index (κ1) is 31.2. The monoisotopic (exact) mass is 635 g/mol. The van der Waals surface area contributed by atoms with Gasteiger partial charge in [0.05, 0.1) is 27.8 Å². The number of unbranched alkanes of at least 4 members (excludes halogenated alkanes) is 1. The van der Waals surface area contributed by atoms with E-state index in [1.165, 1.54) is 11.1 Å². The van der Waals surface area contributed by atoms with Gasteiger partial charge in [-0.05, 0) is 54.5 Å². The first-order chi connectivity index (χ1) is 20.3. The average Bonchev–Trinajstić information content (AvgIpc) is 3.39. The Hall–Kier alpha value is -2.25. The van der Waals surface area contributed by atoms with Crippen molar-refractivity contribution in [3.8, 4) is 5.19 Å². The number of aromatic nitrogens is 3. The minimum absolute atomic E-state index is 0.0405. The molecule has 1 aromatic carbocycles. The molecule has 0 radical (unpaired) electrons. The van der Waals surface area contributed by atoms with Gasteiger partial charge in [0.1, 0.15) is 6.10 Å². The van der Waals surface area contributed by atoms with Gasteiger partial charge in [0, 0.05) is 57.2 Å². The fourth-order valence-corrected chi connectivity index (χ4v) is 7.67. The Kier molecular flexibility index (Phi) is 10.8. The molecule has 0 saturated carbocycles. The number of thiazole rings is 1. The molecule has 42 heavy (non-hydrogen) atoms. The maximum atomic E-state index is 12.7. The van der Waals surface area contributed by atoms with Crippen molar-refractivity contribution < 1.29 is 27.8 Å². The molecule has 2 aromatic heterocycles. The second-order valence-corrected chi connectivity index (χ2v) is 14.3. The number of piperidine rings is 1. The van der Waals surface area contributed by atoms with Crippen LogP contribution in [0.5, 0.6) is 5.19 Å². The summed E-state index contributed by atoms with van der Waals surface area (Å²) in [6, 6.07) is 6.30. The molecule has 2 aliphatic rings. The average molecular weight is 636 g/mol. The van der Waals surface area contributed by atoms with Gasteiger partial charge in [-0.25, -0.2) is 28.0 Å². The van der Waals surface area contributed by atoms with Crippen LogP contribution in [0.15, 0.2) is 36.7 Å². The topological polar surface area (TPSA) is 138 Å². The Morgan fingerprint density at radius 3 is 2.62 bits per heavy atom. The molecule has 1 saturated heterocycles. The lowest BCUT2D eigenvalue weighted by Crippen LogP contribution is -2.39.